The Morgan fingerprint density at radius 2 is 1.69 bits per heavy atom. The van der Waals surface area contributed by atoms with Gasteiger partial charge in [0.2, 0.25) is 5.91 Å². The number of carbonyl (C=O) groups excluding carboxylic acids is 2. The number of fused-ring (bicyclic) bond motifs is 2. The molecule has 0 bridgehead atoms. The van der Waals surface area contributed by atoms with Crippen molar-refractivity contribution in [1.82, 2.24) is 9.47 Å². The normalized spacial score (nSPS) is 15.1. The summed E-state index contributed by atoms with van der Waals surface area (Å²) in [6.07, 6.45) is 2.05. The number of aromatic nitrogens is 1. The Bertz CT molecular complexity index is 1320. The molecule has 4 aromatic rings. The van der Waals surface area contributed by atoms with Crippen molar-refractivity contribution >= 4 is 28.4 Å². The highest BCUT2D eigenvalue weighted by Crippen LogP contribution is 2.41. The van der Waals surface area contributed by atoms with Gasteiger partial charge in [0.25, 0.3) is 5.91 Å². The summed E-state index contributed by atoms with van der Waals surface area (Å²) in [5, 5.41) is 3.96. The van der Waals surface area contributed by atoms with Crippen molar-refractivity contribution in [2.45, 2.75) is 6.04 Å². The Balaban J connectivity index is 1.50. The molecule has 0 radical (unpaired) electrons. The molecule has 6 nitrogen and oxygen atoms in total. The van der Waals surface area contributed by atoms with Gasteiger partial charge in [-0.1, -0.05) is 36.4 Å². The van der Waals surface area contributed by atoms with Crippen LogP contribution in [0.5, 0.6) is 5.75 Å². The lowest BCUT2D eigenvalue weighted by Crippen LogP contribution is -2.36. The molecule has 0 saturated heterocycles. The van der Waals surface area contributed by atoms with Gasteiger partial charge in [-0.2, -0.15) is 0 Å². The van der Waals surface area contributed by atoms with E-state index >= 15 is 0 Å². The number of hydrogen-bond acceptors (Lipinski definition) is 3. The maximum Gasteiger partial charge on any atom is 0.255 e. The standard InChI is InChI=1S/C26H23N3O3/c1-28-15-22(19-7-5-6-10-23(19)28)25-20-8-3-4-9-21(20)26(31)29(25)16-24(30)27-17-11-13-18(32-2)14-12-17/h3-15,25H,16H2,1-2H3,(H,27,30). The van der Waals surface area contributed by atoms with Crippen LogP contribution in [0.2, 0.25) is 0 Å². The van der Waals surface area contributed by atoms with E-state index in [1.54, 1.807) is 36.3 Å². The van der Waals surface area contributed by atoms with E-state index in [0.717, 1.165) is 22.0 Å². The Morgan fingerprint density at radius 3 is 2.47 bits per heavy atom. The second-order valence-corrected chi connectivity index (χ2v) is 7.91. The molecule has 0 saturated carbocycles. The topological polar surface area (TPSA) is 63.6 Å². The van der Waals surface area contributed by atoms with E-state index in [1.165, 1.54) is 0 Å². The predicted molar refractivity (Wildman–Crippen MR) is 124 cm³/mol. The number of carbonyl (C=O) groups is 2. The van der Waals surface area contributed by atoms with Crippen LogP contribution in [0.3, 0.4) is 0 Å². The molecule has 1 unspecified atom stereocenters. The predicted octanol–water partition coefficient (Wildman–Crippen LogP) is 4.37. The summed E-state index contributed by atoms with van der Waals surface area (Å²) in [6.45, 7) is -0.0482. The molecule has 5 rings (SSSR count). The van der Waals surface area contributed by atoms with Crippen molar-refractivity contribution < 1.29 is 14.3 Å². The van der Waals surface area contributed by atoms with E-state index < -0.39 is 0 Å². The van der Waals surface area contributed by atoms with E-state index in [9.17, 15) is 9.59 Å². The molecular formula is C26H23N3O3. The number of benzene rings is 3. The van der Waals surface area contributed by atoms with Crippen LogP contribution in [0, 0.1) is 0 Å². The second kappa shape index (κ2) is 7.89. The number of ether oxygens (including phenoxy) is 1. The first-order valence-electron chi connectivity index (χ1n) is 10.4. The number of anilines is 1. The van der Waals surface area contributed by atoms with Gasteiger partial charge >= 0.3 is 0 Å². The van der Waals surface area contributed by atoms with Crippen LogP contribution in [0.1, 0.15) is 27.5 Å². The van der Waals surface area contributed by atoms with Crippen LogP contribution in [-0.4, -0.2) is 34.9 Å². The van der Waals surface area contributed by atoms with Gasteiger partial charge in [-0.3, -0.25) is 9.59 Å². The number of nitrogens with zero attached hydrogens (tertiary/aromatic N) is 2. The van der Waals surface area contributed by atoms with E-state index in [-0.39, 0.29) is 24.4 Å². The molecule has 2 heterocycles. The first kappa shape index (κ1) is 19.9. The summed E-state index contributed by atoms with van der Waals surface area (Å²) in [7, 11) is 3.59. The zero-order valence-corrected chi connectivity index (χ0v) is 17.9. The molecule has 3 aromatic carbocycles. The Labute approximate surface area is 186 Å². The highest BCUT2D eigenvalue weighted by Gasteiger charge is 2.39. The first-order chi connectivity index (χ1) is 15.6. The smallest absolute Gasteiger partial charge is 0.255 e. The average molecular weight is 425 g/mol. The highest BCUT2D eigenvalue weighted by atomic mass is 16.5. The molecule has 1 aromatic heterocycles. The van der Waals surface area contributed by atoms with E-state index in [1.807, 2.05) is 43.4 Å². The zero-order valence-electron chi connectivity index (χ0n) is 17.9. The van der Waals surface area contributed by atoms with Gasteiger partial charge in [0, 0.05) is 41.0 Å². The third-order valence-corrected chi connectivity index (χ3v) is 5.97. The Hall–Kier alpha value is -4.06. The number of hydrogen-bond donors (Lipinski definition) is 1. The molecule has 0 spiro atoms. The van der Waals surface area contributed by atoms with Crippen molar-refractivity contribution in [2.75, 3.05) is 19.0 Å². The molecule has 0 fully saturated rings. The van der Waals surface area contributed by atoms with Crippen molar-refractivity contribution in [3.8, 4) is 5.75 Å². The van der Waals surface area contributed by atoms with E-state index in [2.05, 4.69) is 28.2 Å². The van der Waals surface area contributed by atoms with E-state index in [4.69, 9.17) is 4.74 Å². The van der Waals surface area contributed by atoms with Crippen LogP contribution < -0.4 is 10.1 Å². The highest BCUT2D eigenvalue weighted by molar-refractivity contribution is 6.04. The molecule has 160 valence electrons. The lowest BCUT2D eigenvalue weighted by molar-refractivity contribution is -0.117. The lowest BCUT2D eigenvalue weighted by atomic mass is 9.97. The Kier molecular flexibility index (Phi) is 4.90. The maximum absolute atomic E-state index is 13.3. The minimum atomic E-state index is -0.327. The number of para-hydroxylation sites is 1. The number of amides is 2. The largest absolute Gasteiger partial charge is 0.497 e. The first-order valence-corrected chi connectivity index (χ1v) is 10.4. The monoisotopic (exact) mass is 425 g/mol. The maximum atomic E-state index is 13.3. The Morgan fingerprint density at radius 1 is 0.969 bits per heavy atom. The molecule has 1 N–H and O–H groups in total. The second-order valence-electron chi connectivity index (χ2n) is 7.91. The van der Waals surface area contributed by atoms with Gasteiger partial charge in [0.15, 0.2) is 0 Å². The van der Waals surface area contributed by atoms with Gasteiger partial charge < -0.3 is 19.5 Å². The molecular weight excluding hydrogens is 402 g/mol. The minimum Gasteiger partial charge on any atom is -0.497 e. The van der Waals surface area contributed by atoms with Gasteiger partial charge in [0.1, 0.15) is 12.3 Å². The summed E-state index contributed by atoms with van der Waals surface area (Å²) in [5.74, 6) is 0.328. The third kappa shape index (κ3) is 3.30. The van der Waals surface area contributed by atoms with Crippen molar-refractivity contribution in [3.05, 3.63) is 95.7 Å². The van der Waals surface area contributed by atoms with Crippen molar-refractivity contribution in [1.29, 1.82) is 0 Å². The fraction of sp³-hybridized carbons (Fsp3) is 0.154. The molecule has 6 heteroatoms. The summed E-state index contributed by atoms with van der Waals surface area (Å²) in [5.41, 5.74) is 4.32. The number of methoxy groups -OCH3 is 1. The van der Waals surface area contributed by atoms with Gasteiger partial charge in [-0.25, -0.2) is 0 Å². The summed E-state index contributed by atoms with van der Waals surface area (Å²) in [6, 6.07) is 22.5. The fourth-order valence-corrected chi connectivity index (χ4v) is 4.49. The lowest BCUT2D eigenvalue weighted by Gasteiger charge is -2.25. The van der Waals surface area contributed by atoms with Crippen LogP contribution in [0.4, 0.5) is 5.69 Å². The minimum absolute atomic E-state index is 0.0482. The molecule has 0 aliphatic carbocycles. The molecule has 2 amide bonds. The van der Waals surface area contributed by atoms with Crippen LogP contribution in [-0.2, 0) is 11.8 Å². The molecule has 1 atom stereocenters. The third-order valence-electron chi connectivity index (χ3n) is 5.97. The quantitative estimate of drug-likeness (QED) is 0.516. The van der Waals surface area contributed by atoms with Crippen LogP contribution in [0.25, 0.3) is 10.9 Å². The van der Waals surface area contributed by atoms with Gasteiger partial charge in [0.05, 0.1) is 13.2 Å². The number of aryl methyl sites for hydroxylation is 1. The van der Waals surface area contributed by atoms with Crippen LogP contribution >= 0.6 is 0 Å². The number of rotatable bonds is 5. The summed E-state index contributed by atoms with van der Waals surface area (Å²) >= 11 is 0. The summed E-state index contributed by atoms with van der Waals surface area (Å²) in [4.78, 5) is 27.9. The average Bonchev–Trinajstić information content (AvgIpc) is 3.29. The number of nitrogens with one attached hydrogen (secondary N) is 1. The van der Waals surface area contributed by atoms with Crippen molar-refractivity contribution in [2.24, 2.45) is 7.05 Å². The molecule has 1 aliphatic rings. The molecule has 32 heavy (non-hydrogen) atoms. The summed E-state index contributed by atoms with van der Waals surface area (Å²) < 4.78 is 7.23. The zero-order chi connectivity index (χ0) is 22.2. The van der Waals surface area contributed by atoms with Gasteiger partial charge in [-0.15, -0.1) is 0 Å². The fourth-order valence-electron chi connectivity index (χ4n) is 4.49. The SMILES string of the molecule is COc1ccc(NC(=O)CN2C(=O)c3ccccc3C2c2cn(C)c3ccccc23)cc1. The van der Waals surface area contributed by atoms with Crippen molar-refractivity contribution in [3.63, 3.8) is 0 Å². The van der Waals surface area contributed by atoms with Gasteiger partial charge in [-0.05, 0) is 42.0 Å². The van der Waals surface area contributed by atoms with E-state index in [0.29, 0.717) is 17.0 Å². The molecule has 1 aliphatic heterocycles. The van der Waals surface area contributed by atoms with Crippen LogP contribution in [0.15, 0.2) is 79.0 Å².